The van der Waals surface area contributed by atoms with Gasteiger partial charge in [0.05, 0.1) is 11.6 Å². The van der Waals surface area contributed by atoms with Crippen molar-refractivity contribution in [3.8, 4) is 6.07 Å². The van der Waals surface area contributed by atoms with E-state index < -0.39 is 9.52 Å². The van der Waals surface area contributed by atoms with Crippen molar-refractivity contribution >= 4 is 28.0 Å². The number of carbonyl (C=O) groups is 2. The van der Waals surface area contributed by atoms with Crippen LogP contribution in [0.1, 0.15) is 88.8 Å². The molecule has 2 aromatic rings. The molecular formula is C34H45NO3S. The Labute approximate surface area is 236 Å². The monoisotopic (exact) mass is 547 g/mol. The quantitative estimate of drug-likeness (QED) is 0.365. The second-order valence-corrected chi connectivity index (χ2v) is 12.8. The third-order valence-electron chi connectivity index (χ3n) is 7.22. The molecule has 0 amide bonds. The highest BCUT2D eigenvalue weighted by molar-refractivity contribution is 7.99. The van der Waals surface area contributed by atoms with E-state index in [0.717, 1.165) is 34.8 Å². The third-order valence-corrected chi connectivity index (χ3v) is 8.48. The van der Waals surface area contributed by atoms with Crippen LogP contribution in [0.4, 0.5) is 0 Å². The maximum absolute atomic E-state index is 11.5. The number of allylic oxidation sites excluding steroid dienone is 4. The molecular weight excluding hydrogens is 502 g/mol. The van der Waals surface area contributed by atoms with Gasteiger partial charge in [0.25, 0.3) is 0 Å². The number of benzene rings is 2. The van der Waals surface area contributed by atoms with E-state index in [2.05, 4.69) is 44.8 Å². The fourth-order valence-electron chi connectivity index (χ4n) is 4.52. The highest BCUT2D eigenvalue weighted by Crippen LogP contribution is 2.32. The number of hydrogen-bond acceptors (Lipinski definition) is 4. The van der Waals surface area contributed by atoms with E-state index in [1.54, 1.807) is 13.2 Å². The molecule has 39 heavy (non-hydrogen) atoms. The summed E-state index contributed by atoms with van der Waals surface area (Å²) in [5.74, 6) is 5.14. The molecule has 1 fully saturated rings. The summed E-state index contributed by atoms with van der Waals surface area (Å²) < 4.78 is 11.5. The molecule has 1 saturated carbocycles. The first-order valence-corrected chi connectivity index (χ1v) is 15.8. The molecule has 0 heterocycles. The Bertz CT molecular complexity index is 1260. The molecule has 0 aliphatic heterocycles. The summed E-state index contributed by atoms with van der Waals surface area (Å²) >= 11 is 0. The summed E-state index contributed by atoms with van der Waals surface area (Å²) in [5, 5.41) is 8.69. The smallest absolute Gasteiger partial charge is 0.155 e. The van der Waals surface area contributed by atoms with Gasteiger partial charge in [-0.25, -0.2) is 0 Å². The van der Waals surface area contributed by atoms with Gasteiger partial charge in [-0.1, -0.05) is 75.1 Å². The van der Waals surface area contributed by atoms with E-state index in [1.165, 1.54) is 48.8 Å². The molecule has 0 aromatic heterocycles. The lowest BCUT2D eigenvalue weighted by Gasteiger charge is -2.21. The first kappa shape index (κ1) is 33.8. The Balaban J connectivity index is 0.000000286. The van der Waals surface area contributed by atoms with Gasteiger partial charge in [-0.3, -0.25) is 9.00 Å². The second kappa shape index (κ2) is 17.4. The Kier molecular flexibility index (Phi) is 15.1. The molecule has 0 spiro atoms. The van der Waals surface area contributed by atoms with Crippen LogP contribution in [-0.4, -0.2) is 28.9 Å². The van der Waals surface area contributed by atoms with Crippen LogP contribution in [0.2, 0.25) is 0 Å². The average Bonchev–Trinajstić information content (AvgIpc) is 2.96. The summed E-state index contributed by atoms with van der Waals surface area (Å²) in [6.07, 6.45) is 14.3. The van der Waals surface area contributed by atoms with Crippen molar-refractivity contribution in [1.82, 2.24) is 0 Å². The molecule has 5 heteroatoms. The van der Waals surface area contributed by atoms with Crippen molar-refractivity contribution in [1.29, 1.82) is 5.26 Å². The van der Waals surface area contributed by atoms with Crippen molar-refractivity contribution in [3.05, 3.63) is 88.5 Å². The Morgan fingerprint density at radius 3 is 2.15 bits per heavy atom. The van der Waals surface area contributed by atoms with Crippen LogP contribution >= 0.6 is 0 Å². The van der Waals surface area contributed by atoms with Gasteiger partial charge < -0.3 is 4.79 Å². The lowest BCUT2D eigenvalue weighted by Crippen LogP contribution is -2.07. The van der Waals surface area contributed by atoms with Crippen molar-refractivity contribution in [2.75, 3.05) is 6.26 Å². The van der Waals surface area contributed by atoms with Crippen LogP contribution in [0.3, 0.4) is 0 Å². The van der Waals surface area contributed by atoms with E-state index in [9.17, 15) is 9.00 Å². The second-order valence-electron chi connectivity index (χ2n) is 10.3. The summed E-state index contributed by atoms with van der Waals surface area (Å²) in [6.45, 7) is 9.98. The number of rotatable bonds is 4. The first-order chi connectivity index (χ1) is 18.5. The van der Waals surface area contributed by atoms with Gasteiger partial charge >= 0.3 is 0 Å². The van der Waals surface area contributed by atoms with Crippen LogP contribution in [0.5, 0.6) is 0 Å². The number of nitrogens with zero attached hydrogens (tertiary/aromatic N) is 1. The Morgan fingerprint density at radius 2 is 1.67 bits per heavy atom. The van der Waals surface area contributed by atoms with E-state index in [1.807, 2.05) is 55.3 Å². The fourth-order valence-corrected chi connectivity index (χ4v) is 5.28. The predicted molar refractivity (Wildman–Crippen MR) is 166 cm³/mol. The van der Waals surface area contributed by atoms with Crippen LogP contribution < -0.4 is 0 Å². The Morgan fingerprint density at radius 1 is 1.05 bits per heavy atom. The van der Waals surface area contributed by atoms with Gasteiger partial charge in [0, 0.05) is 11.2 Å². The number of nitriles is 1. The van der Waals surface area contributed by atoms with Gasteiger partial charge in [-0.15, -0.1) is 0 Å². The van der Waals surface area contributed by atoms with Crippen molar-refractivity contribution in [2.45, 2.75) is 83.5 Å². The van der Waals surface area contributed by atoms with Crippen LogP contribution in [-0.2, 0) is 25.5 Å². The van der Waals surface area contributed by atoms with Crippen LogP contribution in [0, 0.1) is 17.2 Å². The number of Topliss-reactive ketones (excluding diaryl/α,β-unsaturated/α-hetero) is 1. The molecule has 2 atom stereocenters. The van der Waals surface area contributed by atoms with Crippen LogP contribution in [0.15, 0.2) is 76.7 Å². The SMILES string of the molecule is C=O.C=S(C)(=O)c1cccc(CC)c1.CC(=O)C1=CC=C(C)C(C)C1.N#Cc1ccc(C2CCCCC2)cc1. The number of hydrogen-bond donors (Lipinski definition) is 0. The lowest BCUT2D eigenvalue weighted by molar-refractivity contribution is -0.113. The molecule has 2 aromatic carbocycles. The number of ketones is 1. The molecule has 0 saturated heterocycles. The van der Waals surface area contributed by atoms with E-state index in [-0.39, 0.29) is 5.78 Å². The van der Waals surface area contributed by atoms with E-state index in [4.69, 9.17) is 10.1 Å². The molecule has 4 rings (SSSR count). The maximum Gasteiger partial charge on any atom is 0.155 e. The summed E-state index contributed by atoms with van der Waals surface area (Å²) in [7, 11) is -2.04. The molecule has 2 aliphatic rings. The topological polar surface area (TPSA) is 75.0 Å². The summed E-state index contributed by atoms with van der Waals surface area (Å²) in [5.41, 5.74) is 5.73. The minimum absolute atomic E-state index is 0.209. The molecule has 0 bridgehead atoms. The standard InChI is InChI=1S/C13H15N.C10H14OS.C10H14O.CH2O/c14-10-11-6-8-13(9-7-11)12-4-2-1-3-5-12;1-4-9-6-5-7-10(8-9)12(2,3)11;1-7-4-5-10(9(3)11)6-8(7)2;1-2/h6-9,12H,1-5H2;5-8H,2,4H2,1,3H3;4-5,8H,6H2,1-3H3;1H2. The van der Waals surface area contributed by atoms with E-state index in [0.29, 0.717) is 5.92 Å². The lowest BCUT2D eigenvalue weighted by atomic mass is 9.84. The molecule has 0 radical (unpaired) electrons. The zero-order chi connectivity index (χ0) is 29.4. The number of carbonyl (C=O) groups excluding carboxylic acids is 2. The van der Waals surface area contributed by atoms with Gasteiger partial charge in [0.2, 0.25) is 0 Å². The Hall–Kier alpha value is -3.23. The molecule has 2 unspecified atom stereocenters. The van der Waals surface area contributed by atoms with Crippen LogP contribution in [0.25, 0.3) is 0 Å². The van der Waals surface area contributed by atoms with Crippen molar-refractivity contribution < 1.29 is 13.8 Å². The molecule has 4 nitrogen and oxygen atoms in total. The first-order valence-electron chi connectivity index (χ1n) is 13.6. The minimum Gasteiger partial charge on any atom is -0.307 e. The largest absolute Gasteiger partial charge is 0.307 e. The fraction of sp³-hybridized carbons (Fsp3) is 0.412. The molecule has 210 valence electrons. The van der Waals surface area contributed by atoms with Gasteiger partial charge in [0.1, 0.15) is 6.79 Å². The molecule has 2 aliphatic carbocycles. The average molecular weight is 548 g/mol. The normalized spacial score (nSPS) is 18.0. The van der Waals surface area contributed by atoms with Gasteiger partial charge in [0.15, 0.2) is 5.78 Å². The molecule has 0 N–H and O–H groups in total. The zero-order valence-electron chi connectivity index (χ0n) is 24.4. The maximum atomic E-state index is 11.5. The number of aryl methyl sites for hydroxylation is 1. The van der Waals surface area contributed by atoms with Gasteiger partial charge in [-0.05, 0) is 108 Å². The third kappa shape index (κ3) is 12.0. The van der Waals surface area contributed by atoms with Gasteiger partial charge in [-0.2, -0.15) is 5.26 Å². The predicted octanol–water partition coefficient (Wildman–Crippen LogP) is 7.86. The van der Waals surface area contributed by atoms with E-state index >= 15 is 0 Å². The van der Waals surface area contributed by atoms with Crippen molar-refractivity contribution in [2.24, 2.45) is 5.92 Å². The zero-order valence-corrected chi connectivity index (χ0v) is 25.2. The highest BCUT2D eigenvalue weighted by atomic mass is 32.2. The highest BCUT2D eigenvalue weighted by Gasteiger charge is 2.15. The minimum atomic E-state index is -2.04. The summed E-state index contributed by atoms with van der Waals surface area (Å²) in [4.78, 5) is 19.8. The summed E-state index contributed by atoms with van der Waals surface area (Å²) in [6, 6.07) is 18.1. The van der Waals surface area contributed by atoms with Crippen molar-refractivity contribution in [3.63, 3.8) is 0 Å².